The maximum atomic E-state index is 12.6. The van der Waals surface area contributed by atoms with E-state index in [0.29, 0.717) is 18.3 Å². The maximum Gasteiger partial charge on any atom is 0.274 e. The van der Waals surface area contributed by atoms with Crippen LogP contribution >= 0.6 is 0 Å². The van der Waals surface area contributed by atoms with Crippen LogP contribution in [0.15, 0.2) is 18.2 Å². The number of H-pyrrole nitrogens is 1. The van der Waals surface area contributed by atoms with Crippen LogP contribution in [-0.2, 0) is 13.1 Å². The van der Waals surface area contributed by atoms with Crippen molar-refractivity contribution < 1.29 is 9.59 Å². The summed E-state index contributed by atoms with van der Waals surface area (Å²) in [4.78, 5) is 32.7. The first-order valence-corrected chi connectivity index (χ1v) is 9.38. The normalized spacial score (nSPS) is 16.3. The van der Waals surface area contributed by atoms with Gasteiger partial charge in [-0.05, 0) is 37.0 Å². The first-order chi connectivity index (χ1) is 13.4. The van der Waals surface area contributed by atoms with Crippen LogP contribution in [-0.4, -0.2) is 42.8 Å². The fourth-order valence-corrected chi connectivity index (χ4v) is 3.54. The lowest BCUT2D eigenvalue weighted by atomic mass is 10.0. The second-order valence-electron chi connectivity index (χ2n) is 7.66. The largest absolute Gasteiger partial charge is 0.346 e. The third kappa shape index (κ3) is 3.47. The Hall–Kier alpha value is -3.23. The van der Waals surface area contributed by atoms with E-state index in [2.05, 4.69) is 44.8 Å². The van der Waals surface area contributed by atoms with E-state index in [1.165, 1.54) is 4.68 Å². The van der Waals surface area contributed by atoms with Gasteiger partial charge in [0.2, 0.25) is 0 Å². The molecule has 9 nitrogen and oxygen atoms in total. The lowest BCUT2D eigenvalue weighted by Crippen LogP contribution is -2.46. The predicted octanol–water partition coefficient (Wildman–Crippen LogP) is 1.55. The molecule has 1 aromatic carbocycles. The van der Waals surface area contributed by atoms with Gasteiger partial charge in [0.15, 0.2) is 11.4 Å². The van der Waals surface area contributed by atoms with Crippen LogP contribution in [0, 0.1) is 12.8 Å². The summed E-state index contributed by atoms with van der Waals surface area (Å²) < 4.78 is 1.52. The molecule has 2 aromatic heterocycles. The SMILES string of the molecule is Cc1ccc2nc(CNC(=O)c3nnn4c3C(=O)N[C@@H](CC(C)C)C4)[nH]c2c1. The molecular weight excluding hydrogens is 358 g/mol. The van der Waals surface area contributed by atoms with Crippen molar-refractivity contribution in [2.45, 2.75) is 46.3 Å². The Balaban J connectivity index is 1.47. The molecule has 1 aliphatic rings. The van der Waals surface area contributed by atoms with Crippen molar-refractivity contribution in [1.29, 1.82) is 0 Å². The van der Waals surface area contributed by atoms with Crippen molar-refractivity contribution in [3.05, 3.63) is 41.0 Å². The minimum Gasteiger partial charge on any atom is -0.346 e. The van der Waals surface area contributed by atoms with E-state index in [-0.39, 0.29) is 29.9 Å². The average molecular weight is 381 g/mol. The van der Waals surface area contributed by atoms with Crippen LogP contribution in [0.4, 0.5) is 0 Å². The smallest absolute Gasteiger partial charge is 0.274 e. The van der Waals surface area contributed by atoms with E-state index >= 15 is 0 Å². The quantitative estimate of drug-likeness (QED) is 0.620. The van der Waals surface area contributed by atoms with Crippen LogP contribution in [0.3, 0.4) is 0 Å². The predicted molar refractivity (Wildman–Crippen MR) is 103 cm³/mol. The molecule has 1 aliphatic heterocycles. The van der Waals surface area contributed by atoms with Gasteiger partial charge in [-0.25, -0.2) is 9.67 Å². The van der Waals surface area contributed by atoms with E-state index in [1.807, 2.05) is 25.1 Å². The molecule has 0 fully saturated rings. The van der Waals surface area contributed by atoms with E-state index in [0.717, 1.165) is 23.0 Å². The van der Waals surface area contributed by atoms with Crippen LogP contribution in [0.1, 0.15) is 52.6 Å². The van der Waals surface area contributed by atoms with Gasteiger partial charge in [-0.1, -0.05) is 25.1 Å². The zero-order chi connectivity index (χ0) is 19.8. The number of benzene rings is 1. The molecule has 0 radical (unpaired) electrons. The second kappa shape index (κ2) is 7.06. The van der Waals surface area contributed by atoms with Gasteiger partial charge in [-0.15, -0.1) is 5.10 Å². The molecule has 0 aliphatic carbocycles. The van der Waals surface area contributed by atoms with E-state index in [1.54, 1.807) is 0 Å². The molecular formula is C19H23N7O2. The monoisotopic (exact) mass is 381 g/mol. The van der Waals surface area contributed by atoms with Gasteiger partial charge in [0.25, 0.3) is 11.8 Å². The molecule has 0 saturated heterocycles. The summed E-state index contributed by atoms with van der Waals surface area (Å²) in [6.45, 7) is 6.93. The number of amides is 2. The molecule has 146 valence electrons. The minimum absolute atomic E-state index is 0.00313. The molecule has 0 saturated carbocycles. The number of nitrogens with one attached hydrogen (secondary N) is 3. The number of imidazole rings is 1. The standard InChI is InChI=1S/C19H23N7O2/c1-10(2)6-12-9-26-17(19(28)21-12)16(24-25-26)18(27)20-8-15-22-13-5-4-11(3)7-14(13)23-15/h4-5,7,10,12H,6,8-9H2,1-3H3,(H,20,27)(H,21,28)(H,22,23)/t12-/m0/s1. The number of nitrogens with zero attached hydrogens (tertiary/aromatic N) is 4. The molecule has 28 heavy (non-hydrogen) atoms. The fraction of sp³-hybridized carbons (Fsp3) is 0.421. The Morgan fingerprint density at radius 1 is 1.39 bits per heavy atom. The van der Waals surface area contributed by atoms with Gasteiger partial charge in [0.1, 0.15) is 5.82 Å². The Bertz CT molecular complexity index is 1050. The zero-order valence-electron chi connectivity index (χ0n) is 16.1. The lowest BCUT2D eigenvalue weighted by molar-refractivity contribution is 0.0869. The molecule has 9 heteroatoms. The molecule has 0 unspecified atom stereocenters. The third-order valence-electron chi connectivity index (χ3n) is 4.75. The van der Waals surface area contributed by atoms with Crippen molar-refractivity contribution in [3.63, 3.8) is 0 Å². The third-order valence-corrected chi connectivity index (χ3v) is 4.75. The van der Waals surface area contributed by atoms with Crippen LogP contribution in [0.2, 0.25) is 0 Å². The molecule has 4 rings (SSSR count). The number of rotatable bonds is 5. The summed E-state index contributed by atoms with van der Waals surface area (Å²) >= 11 is 0. The number of carbonyl (C=O) groups excluding carboxylic acids is 2. The summed E-state index contributed by atoms with van der Waals surface area (Å²) in [7, 11) is 0. The highest BCUT2D eigenvalue weighted by molar-refractivity contribution is 6.05. The van der Waals surface area contributed by atoms with Crippen molar-refractivity contribution >= 4 is 22.8 Å². The molecule has 2 amide bonds. The Kier molecular flexibility index (Phi) is 4.58. The van der Waals surface area contributed by atoms with E-state index in [4.69, 9.17) is 0 Å². The first kappa shape index (κ1) is 18.1. The van der Waals surface area contributed by atoms with Gasteiger partial charge in [-0.3, -0.25) is 9.59 Å². The fourth-order valence-electron chi connectivity index (χ4n) is 3.54. The molecule has 3 aromatic rings. The number of fused-ring (bicyclic) bond motifs is 2. The second-order valence-corrected chi connectivity index (χ2v) is 7.66. The number of hydrogen-bond acceptors (Lipinski definition) is 5. The van der Waals surface area contributed by atoms with Gasteiger partial charge in [0, 0.05) is 6.04 Å². The summed E-state index contributed by atoms with van der Waals surface area (Å²) in [5.74, 6) is 0.323. The van der Waals surface area contributed by atoms with Crippen LogP contribution in [0.25, 0.3) is 11.0 Å². The van der Waals surface area contributed by atoms with E-state index in [9.17, 15) is 9.59 Å². The number of hydrogen-bond donors (Lipinski definition) is 3. The summed E-state index contributed by atoms with van der Waals surface area (Å²) in [5.41, 5.74) is 3.13. The van der Waals surface area contributed by atoms with Crippen LogP contribution in [0.5, 0.6) is 0 Å². The molecule has 3 heterocycles. The average Bonchev–Trinajstić information content (AvgIpc) is 3.22. The summed E-state index contributed by atoms with van der Waals surface area (Å²) in [6, 6.07) is 5.91. The number of carbonyl (C=O) groups is 2. The Labute approximate surface area is 161 Å². The van der Waals surface area contributed by atoms with Gasteiger partial charge >= 0.3 is 0 Å². The van der Waals surface area contributed by atoms with Crippen molar-refractivity contribution in [3.8, 4) is 0 Å². The number of aryl methyl sites for hydroxylation is 1. The molecule has 3 N–H and O–H groups in total. The van der Waals surface area contributed by atoms with E-state index < -0.39 is 5.91 Å². The number of aromatic amines is 1. The maximum absolute atomic E-state index is 12.6. The lowest BCUT2D eigenvalue weighted by Gasteiger charge is -2.25. The van der Waals surface area contributed by atoms with Gasteiger partial charge in [0.05, 0.1) is 24.1 Å². The highest BCUT2D eigenvalue weighted by atomic mass is 16.2. The minimum atomic E-state index is -0.449. The van der Waals surface area contributed by atoms with Crippen molar-refractivity contribution in [2.24, 2.45) is 5.92 Å². The molecule has 0 bridgehead atoms. The Morgan fingerprint density at radius 3 is 3.00 bits per heavy atom. The molecule has 0 spiro atoms. The van der Waals surface area contributed by atoms with Gasteiger partial charge in [-0.2, -0.15) is 0 Å². The Morgan fingerprint density at radius 2 is 2.21 bits per heavy atom. The van der Waals surface area contributed by atoms with Crippen LogP contribution < -0.4 is 10.6 Å². The summed E-state index contributed by atoms with van der Waals surface area (Å²) in [5, 5.41) is 13.7. The highest BCUT2D eigenvalue weighted by Gasteiger charge is 2.32. The zero-order valence-corrected chi connectivity index (χ0v) is 16.1. The first-order valence-electron chi connectivity index (χ1n) is 9.38. The summed E-state index contributed by atoms with van der Waals surface area (Å²) in [6.07, 6.45) is 0.845. The van der Waals surface area contributed by atoms with Gasteiger partial charge < -0.3 is 15.6 Å². The molecule has 1 atom stereocenters. The highest BCUT2D eigenvalue weighted by Crippen LogP contribution is 2.17. The van der Waals surface area contributed by atoms with Crippen molar-refractivity contribution in [2.75, 3.05) is 0 Å². The van der Waals surface area contributed by atoms with Crippen molar-refractivity contribution in [1.82, 2.24) is 35.6 Å². The topological polar surface area (TPSA) is 118 Å². The number of aromatic nitrogens is 5.